The maximum Gasteiger partial charge on any atom is 0.321 e. The summed E-state index contributed by atoms with van der Waals surface area (Å²) in [6.45, 7) is 3.54. The number of benzene rings is 1. The molecule has 1 aliphatic carbocycles. The predicted molar refractivity (Wildman–Crippen MR) is 54.7 cm³/mol. The maximum absolute atomic E-state index is 11.6. The molecule has 15 heavy (non-hydrogen) atoms. The molecule has 0 saturated heterocycles. The summed E-state index contributed by atoms with van der Waals surface area (Å²) in [5.74, 6) is -1.26. The van der Waals surface area contributed by atoms with Crippen molar-refractivity contribution in [3.63, 3.8) is 0 Å². The first-order valence-electron chi connectivity index (χ1n) is 4.95. The van der Waals surface area contributed by atoms with Gasteiger partial charge < -0.3 is 4.74 Å². The van der Waals surface area contributed by atoms with Crippen molar-refractivity contribution in [2.75, 3.05) is 0 Å². The van der Waals surface area contributed by atoms with Crippen LogP contribution in [0.25, 0.3) is 0 Å². The molecule has 0 aromatic heterocycles. The van der Waals surface area contributed by atoms with Gasteiger partial charge in [-0.15, -0.1) is 0 Å². The molecule has 78 valence electrons. The molecule has 0 aliphatic heterocycles. The van der Waals surface area contributed by atoms with Crippen LogP contribution in [0.15, 0.2) is 24.3 Å². The highest BCUT2D eigenvalue weighted by molar-refractivity contribution is 6.21. The summed E-state index contributed by atoms with van der Waals surface area (Å²) < 4.78 is 5.02. The SMILES string of the molecule is CC(C)OC(=O)C1C(=O)c2ccccc21. The number of Topliss-reactive ketones (excluding diaryl/α,β-unsaturated/α-hetero) is 1. The van der Waals surface area contributed by atoms with Crippen molar-refractivity contribution in [3.05, 3.63) is 35.4 Å². The van der Waals surface area contributed by atoms with Crippen LogP contribution in [0, 0.1) is 0 Å². The van der Waals surface area contributed by atoms with Gasteiger partial charge in [0, 0.05) is 5.56 Å². The van der Waals surface area contributed by atoms with E-state index in [1.165, 1.54) is 0 Å². The molecule has 0 N–H and O–H groups in total. The summed E-state index contributed by atoms with van der Waals surface area (Å²) in [6.07, 6.45) is -0.182. The lowest BCUT2D eigenvalue weighted by atomic mass is 9.76. The molecule has 3 heteroatoms. The fraction of sp³-hybridized carbons (Fsp3) is 0.333. The van der Waals surface area contributed by atoms with E-state index in [4.69, 9.17) is 4.74 Å². The van der Waals surface area contributed by atoms with E-state index in [0.29, 0.717) is 5.56 Å². The molecule has 0 heterocycles. The zero-order chi connectivity index (χ0) is 11.0. The minimum atomic E-state index is -0.691. The maximum atomic E-state index is 11.6. The van der Waals surface area contributed by atoms with Crippen molar-refractivity contribution in [2.24, 2.45) is 0 Å². The average molecular weight is 204 g/mol. The first-order chi connectivity index (χ1) is 7.11. The molecule has 1 aliphatic rings. The summed E-state index contributed by atoms with van der Waals surface area (Å²) in [6, 6.07) is 7.14. The number of ether oxygens (including phenoxy) is 1. The van der Waals surface area contributed by atoms with Crippen LogP contribution in [0.4, 0.5) is 0 Å². The van der Waals surface area contributed by atoms with E-state index in [1.54, 1.807) is 32.0 Å². The van der Waals surface area contributed by atoms with Crippen molar-refractivity contribution in [1.82, 2.24) is 0 Å². The topological polar surface area (TPSA) is 43.4 Å². The molecule has 0 fully saturated rings. The summed E-state index contributed by atoms with van der Waals surface area (Å²) in [7, 11) is 0. The normalized spacial score (nSPS) is 18.3. The van der Waals surface area contributed by atoms with Crippen molar-refractivity contribution in [3.8, 4) is 0 Å². The third kappa shape index (κ3) is 1.54. The fourth-order valence-corrected chi connectivity index (χ4v) is 1.73. The number of carbonyl (C=O) groups excluding carboxylic acids is 2. The van der Waals surface area contributed by atoms with E-state index in [0.717, 1.165) is 5.56 Å². The molecular weight excluding hydrogens is 192 g/mol. The average Bonchev–Trinajstić information content (AvgIpc) is 2.15. The van der Waals surface area contributed by atoms with Crippen LogP contribution < -0.4 is 0 Å². The monoisotopic (exact) mass is 204 g/mol. The Balaban J connectivity index is 2.22. The second kappa shape index (κ2) is 3.50. The van der Waals surface area contributed by atoms with Gasteiger partial charge in [0.1, 0.15) is 5.92 Å². The molecule has 1 aromatic carbocycles. The minimum absolute atomic E-state index is 0.128. The molecule has 0 radical (unpaired) electrons. The zero-order valence-corrected chi connectivity index (χ0v) is 8.69. The highest BCUT2D eigenvalue weighted by atomic mass is 16.5. The minimum Gasteiger partial charge on any atom is -0.462 e. The van der Waals surface area contributed by atoms with E-state index >= 15 is 0 Å². The Morgan fingerprint density at radius 3 is 2.67 bits per heavy atom. The summed E-state index contributed by atoms with van der Waals surface area (Å²) in [5.41, 5.74) is 1.43. The Hall–Kier alpha value is -1.64. The molecule has 0 saturated carbocycles. The lowest BCUT2D eigenvalue weighted by Crippen LogP contribution is -2.35. The van der Waals surface area contributed by atoms with E-state index in [9.17, 15) is 9.59 Å². The first kappa shape index (κ1) is 9.90. The van der Waals surface area contributed by atoms with Gasteiger partial charge in [0.15, 0.2) is 5.78 Å². The largest absolute Gasteiger partial charge is 0.462 e. The smallest absolute Gasteiger partial charge is 0.321 e. The van der Waals surface area contributed by atoms with Crippen molar-refractivity contribution in [2.45, 2.75) is 25.9 Å². The van der Waals surface area contributed by atoms with Crippen LogP contribution in [0.5, 0.6) is 0 Å². The summed E-state index contributed by atoms with van der Waals surface area (Å²) >= 11 is 0. The van der Waals surface area contributed by atoms with Gasteiger partial charge >= 0.3 is 5.97 Å². The molecule has 3 nitrogen and oxygen atoms in total. The molecular formula is C12H12O3. The van der Waals surface area contributed by atoms with E-state index in [-0.39, 0.29) is 11.9 Å². The number of carbonyl (C=O) groups is 2. The number of hydrogen-bond donors (Lipinski definition) is 0. The Labute approximate surface area is 88.1 Å². The van der Waals surface area contributed by atoms with Gasteiger partial charge in [-0.3, -0.25) is 9.59 Å². The fourth-order valence-electron chi connectivity index (χ4n) is 1.73. The Morgan fingerprint density at radius 2 is 2.00 bits per heavy atom. The van der Waals surface area contributed by atoms with Crippen LogP contribution in [0.1, 0.15) is 35.7 Å². The van der Waals surface area contributed by atoms with Gasteiger partial charge in [0.05, 0.1) is 6.10 Å². The number of hydrogen-bond acceptors (Lipinski definition) is 3. The standard InChI is InChI=1S/C12H12O3/c1-7(2)15-12(14)10-8-5-3-4-6-9(8)11(10)13/h3-7,10H,1-2H3. The molecule has 1 atom stereocenters. The van der Waals surface area contributed by atoms with Crippen LogP contribution in [0.3, 0.4) is 0 Å². The second-order valence-electron chi connectivity index (χ2n) is 3.87. The Morgan fingerprint density at radius 1 is 1.33 bits per heavy atom. The van der Waals surface area contributed by atoms with E-state index in [1.807, 2.05) is 6.07 Å². The van der Waals surface area contributed by atoms with E-state index in [2.05, 4.69) is 0 Å². The molecule has 0 bridgehead atoms. The van der Waals surface area contributed by atoms with Gasteiger partial charge in [0.25, 0.3) is 0 Å². The van der Waals surface area contributed by atoms with Crippen molar-refractivity contribution >= 4 is 11.8 Å². The van der Waals surface area contributed by atoms with E-state index < -0.39 is 11.9 Å². The highest BCUT2D eigenvalue weighted by Gasteiger charge is 2.42. The third-order valence-electron chi connectivity index (χ3n) is 2.39. The van der Waals surface area contributed by atoms with Crippen LogP contribution in [-0.4, -0.2) is 17.9 Å². The Kier molecular flexibility index (Phi) is 2.31. The number of fused-ring (bicyclic) bond motifs is 1. The molecule has 0 amide bonds. The quantitative estimate of drug-likeness (QED) is 0.546. The molecule has 2 rings (SSSR count). The number of rotatable bonds is 2. The second-order valence-corrected chi connectivity index (χ2v) is 3.87. The molecule has 1 aromatic rings. The summed E-state index contributed by atoms with van der Waals surface area (Å²) in [5, 5.41) is 0. The lowest BCUT2D eigenvalue weighted by molar-refractivity contribution is -0.148. The first-order valence-corrected chi connectivity index (χ1v) is 4.95. The van der Waals surface area contributed by atoms with Gasteiger partial charge in [-0.2, -0.15) is 0 Å². The van der Waals surface area contributed by atoms with Crippen LogP contribution >= 0.6 is 0 Å². The van der Waals surface area contributed by atoms with Gasteiger partial charge in [0.2, 0.25) is 0 Å². The third-order valence-corrected chi connectivity index (χ3v) is 2.39. The van der Waals surface area contributed by atoms with Crippen molar-refractivity contribution in [1.29, 1.82) is 0 Å². The predicted octanol–water partition coefficient (Wildman–Crippen LogP) is 1.92. The van der Waals surface area contributed by atoms with Crippen molar-refractivity contribution < 1.29 is 14.3 Å². The lowest BCUT2D eigenvalue weighted by Gasteiger charge is -2.26. The number of ketones is 1. The van der Waals surface area contributed by atoms with Crippen LogP contribution in [-0.2, 0) is 9.53 Å². The van der Waals surface area contributed by atoms with Crippen LogP contribution in [0.2, 0.25) is 0 Å². The zero-order valence-electron chi connectivity index (χ0n) is 8.69. The number of esters is 1. The molecule has 1 unspecified atom stereocenters. The van der Waals surface area contributed by atoms with Gasteiger partial charge in [-0.1, -0.05) is 24.3 Å². The van der Waals surface area contributed by atoms with Gasteiger partial charge in [-0.05, 0) is 19.4 Å². The Bertz CT molecular complexity index is 421. The highest BCUT2D eigenvalue weighted by Crippen LogP contribution is 2.35. The molecule has 0 spiro atoms. The summed E-state index contributed by atoms with van der Waals surface area (Å²) in [4.78, 5) is 23.1. The van der Waals surface area contributed by atoms with Gasteiger partial charge in [-0.25, -0.2) is 0 Å².